The summed E-state index contributed by atoms with van der Waals surface area (Å²) in [4.78, 5) is 18.7. The number of fused-ring (bicyclic) bond motifs is 1. The predicted octanol–water partition coefficient (Wildman–Crippen LogP) is 5.95. The Morgan fingerprint density at radius 1 is 0.875 bits per heavy atom. The van der Waals surface area contributed by atoms with Crippen LogP contribution in [0.5, 0.6) is 0 Å². The van der Waals surface area contributed by atoms with Gasteiger partial charge in [-0.15, -0.1) is 0 Å². The zero-order chi connectivity index (χ0) is 21.9. The number of hydrogen-bond donors (Lipinski definition) is 1. The van der Waals surface area contributed by atoms with Crippen molar-refractivity contribution in [3.8, 4) is 22.6 Å². The molecule has 5 rings (SSSR count). The van der Waals surface area contributed by atoms with Gasteiger partial charge in [-0.1, -0.05) is 91.3 Å². The zero-order valence-electron chi connectivity index (χ0n) is 18.3. The minimum atomic E-state index is -0.0808. The molecule has 4 heteroatoms. The van der Waals surface area contributed by atoms with Gasteiger partial charge < -0.3 is 9.88 Å². The largest absolute Gasteiger partial charge is 0.344 e. The van der Waals surface area contributed by atoms with Gasteiger partial charge in [0.2, 0.25) is 0 Å². The molecule has 1 aromatic heterocycles. The molecule has 1 aliphatic rings. The van der Waals surface area contributed by atoms with Crippen molar-refractivity contribution in [3.05, 3.63) is 102 Å². The third kappa shape index (κ3) is 3.84. The van der Waals surface area contributed by atoms with Crippen LogP contribution < -0.4 is 5.32 Å². The Hall–Kier alpha value is -3.66. The van der Waals surface area contributed by atoms with E-state index in [9.17, 15) is 4.79 Å². The first-order valence-corrected chi connectivity index (χ1v) is 11.3. The van der Waals surface area contributed by atoms with Gasteiger partial charge in [0.05, 0.1) is 6.04 Å². The minimum absolute atomic E-state index is 0.0138. The number of hydrogen-bond acceptors (Lipinski definition) is 2. The summed E-state index contributed by atoms with van der Waals surface area (Å²) >= 11 is 0. The van der Waals surface area contributed by atoms with Gasteiger partial charge in [-0.25, -0.2) is 4.98 Å². The van der Waals surface area contributed by atoms with E-state index in [0.717, 1.165) is 42.6 Å². The van der Waals surface area contributed by atoms with Gasteiger partial charge in [0.25, 0.3) is 5.91 Å². The summed E-state index contributed by atoms with van der Waals surface area (Å²) in [5.74, 6) is 0.707. The van der Waals surface area contributed by atoms with Gasteiger partial charge in [0.15, 0.2) is 0 Å². The van der Waals surface area contributed by atoms with Crippen LogP contribution in [-0.4, -0.2) is 15.5 Å². The van der Waals surface area contributed by atoms with E-state index >= 15 is 0 Å². The summed E-state index contributed by atoms with van der Waals surface area (Å²) in [5.41, 5.74) is 5.82. The lowest BCUT2D eigenvalue weighted by Crippen LogP contribution is -2.30. The molecule has 0 fully saturated rings. The van der Waals surface area contributed by atoms with Gasteiger partial charge in [-0.05, 0) is 30.4 Å². The van der Waals surface area contributed by atoms with Gasteiger partial charge in [-0.3, -0.25) is 4.79 Å². The van der Waals surface area contributed by atoms with Crippen LogP contribution in [0.3, 0.4) is 0 Å². The highest BCUT2D eigenvalue weighted by Crippen LogP contribution is 2.32. The second-order valence-corrected chi connectivity index (χ2v) is 8.39. The number of imidazole rings is 1. The molecular formula is C28H27N3O. The molecule has 4 aromatic rings. The van der Waals surface area contributed by atoms with Crippen molar-refractivity contribution in [2.45, 2.75) is 31.7 Å². The highest BCUT2D eigenvalue weighted by atomic mass is 16.2. The van der Waals surface area contributed by atoms with Crippen molar-refractivity contribution in [1.29, 1.82) is 0 Å². The molecule has 1 unspecified atom stereocenters. The molecule has 0 saturated heterocycles. The van der Waals surface area contributed by atoms with E-state index in [4.69, 9.17) is 4.98 Å². The van der Waals surface area contributed by atoms with Crippen LogP contribution in [0.15, 0.2) is 84.9 Å². The van der Waals surface area contributed by atoms with E-state index in [1.807, 2.05) is 72.3 Å². The topological polar surface area (TPSA) is 46.9 Å². The Morgan fingerprint density at radius 2 is 1.53 bits per heavy atom. The fourth-order valence-corrected chi connectivity index (χ4v) is 4.70. The third-order valence-corrected chi connectivity index (χ3v) is 6.31. The molecule has 0 aliphatic heterocycles. The highest BCUT2D eigenvalue weighted by Gasteiger charge is 2.26. The molecule has 0 saturated carbocycles. The maximum Gasteiger partial charge on any atom is 0.270 e. The van der Waals surface area contributed by atoms with Crippen LogP contribution in [0.2, 0.25) is 0 Å². The first-order chi connectivity index (χ1) is 15.7. The van der Waals surface area contributed by atoms with Crippen LogP contribution in [0.4, 0.5) is 0 Å². The van der Waals surface area contributed by atoms with Gasteiger partial charge >= 0.3 is 0 Å². The average molecular weight is 422 g/mol. The molecule has 1 atom stereocenters. The minimum Gasteiger partial charge on any atom is -0.344 e. The van der Waals surface area contributed by atoms with E-state index in [-0.39, 0.29) is 11.9 Å². The Bertz CT molecular complexity index is 1230. The van der Waals surface area contributed by atoms with Gasteiger partial charge in [0, 0.05) is 18.2 Å². The van der Waals surface area contributed by atoms with Gasteiger partial charge in [0.1, 0.15) is 17.2 Å². The van der Waals surface area contributed by atoms with Crippen molar-refractivity contribution >= 4 is 5.91 Å². The number of rotatable bonds is 4. The fraction of sp³-hybridized carbons (Fsp3) is 0.214. The SMILES string of the molecule is Cn1c(-c2ccccc2)nc(-c2ccccc2)c1C(=O)NC1CCCCc2ccccc21. The van der Waals surface area contributed by atoms with Crippen molar-refractivity contribution in [2.24, 2.45) is 7.05 Å². The van der Waals surface area contributed by atoms with Crippen LogP contribution in [0.1, 0.15) is 46.9 Å². The van der Waals surface area contributed by atoms with Crippen molar-refractivity contribution < 1.29 is 4.79 Å². The molecule has 0 bridgehead atoms. The number of carbonyl (C=O) groups excluding carboxylic acids is 1. The van der Waals surface area contributed by atoms with E-state index in [1.165, 1.54) is 11.1 Å². The summed E-state index contributed by atoms with van der Waals surface area (Å²) in [5, 5.41) is 3.35. The number of aryl methyl sites for hydroxylation is 1. The molecule has 4 nitrogen and oxygen atoms in total. The quantitative estimate of drug-likeness (QED) is 0.414. The molecule has 32 heavy (non-hydrogen) atoms. The summed E-state index contributed by atoms with van der Waals surface area (Å²) in [6.45, 7) is 0. The normalized spacial score (nSPS) is 15.6. The lowest BCUT2D eigenvalue weighted by Gasteiger charge is -2.20. The zero-order valence-corrected chi connectivity index (χ0v) is 18.3. The number of nitrogens with one attached hydrogen (secondary N) is 1. The van der Waals surface area contributed by atoms with E-state index in [1.54, 1.807) is 0 Å². The lowest BCUT2D eigenvalue weighted by molar-refractivity contribution is 0.0927. The molecule has 160 valence electrons. The Kier molecular flexibility index (Phi) is 5.59. The summed E-state index contributed by atoms with van der Waals surface area (Å²) in [6.07, 6.45) is 4.28. The van der Waals surface area contributed by atoms with Gasteiger partial charge in [-0.2, -0.15) is 0 Å². The number of benzene rings is 3. The van der Waals surface area contributed by atoms with Crippen molar-refractivity contribution in [3.63, 3.8) is 0 Å². The van der Waals surface area contributed by atoms with E-state index < -0.39 is 0 Å². The molecular weight excluding hydrogens is 394 g/mol. The maximum absolute atomic E-state index is 13.7. The van der Waals surface area contributed by atoms with Crippen LogP contribution in [0.25, 0.3) is 22.6 Å². The summed E-state index contributed by atoms with van der Waals surface area (Å²) in [7, 11) is 1.93. The first kappa shape index (κ1) is 20.3. The van der Waals surface area contributed by atoms with E-state index in [0.29, 0.717) is 11.4 Å². The molecule has 1 heterocycles. The molecule has 1 amide bonds. The van der Waals surface area contributed by atoms with Crippen LogP contribution >= 0.6 is 0 Å². The number of amides is 1. The van der Waals surface area contributed by atoms with Crippen molar-refractivity contribution in [2.75, 3.05) is 0 Å². The van der Waals surface area contributed by atoms with Crippen LogP contribution in [-0.2, 0) is 13.5 Å². The molecule has 1 aliphatic carbocycles. The number of carbonyl (C=O) groups is 1. The number of aromatic nitrogens is 2. The smallest absolute Gasteiger partial charge is 0.270 e. The summed E-state index contributed by atoms with van der Waals surface area (Å²) in [6, 6.07) is 28.5. The first-order valence-electron chi connectivity index (χ1n) is 11.3. The maximum atomic E-state index is 13.7. The predicted molar refractivity (Wildman–Crippen MR) is 128 cm³/mol. The number of nitrogens with zero attached hydrogens (tertiary/aromatic N) is 2. The Morgan fingerprint density at radius 3 is 2.28 bits per heavy atom. The molecule has 0 spiro atoms. The monoisotopic (exact) mass is 421 g/mol. The average Bonchev–Trinajstić information content (AvgIpc) is 3.06. The highest BCUT2D eigenvalue weighted by molar-refractivity contribution is 5.99. The standard InChI is InChI=1S/C28H27N3O/c1-31-26(28(32)29-24-19-11-9-13-20-12-8-10-18-23(20)24)25(21-14-4-2-5-15-21)30-27(31)22-16-6-3-7-17-22/h2-8,10,12,14-18,24H,9,11,13,19H2,1H3,(H,29,32). The Labute approximate surface area is 189 Å². The fourth-order valence-electron chi connectivity index (χ4n) is 4.70. The third-order valence-electron chi connectivity index (χ3n) is 6.31. The molecule has 1 N–H and O–H groups in total. The molecule has 0 radical (unpaired) electrons. The van der Waals surface area contributed by atoms with E-state index in [2.05, 4.69) is 29.6 Å². The lowest BCUT2D eigenvalue weighted by atomic mass is 9.99. The Balaban J connectivity index is 1.57. The second kappa shape index (κ2) is 8.83. The summed E-state index contributed by atoms with van der Waals surface area (Å²) < 4.78 is 1.93. The van der Waals surface area contributed by atoms with Crippen LogP contribution in [0, 0.1) is 0 Å². The van der Waals surface area contributed by atoms with Crippen molar-refractivity contribution in [1.82, 2.24) is 14.9 Å². The molecule has 3 aromatic carbocycles. The second-order valence-electron chi connectivity index (χ2n) is 8.39.